The molecule has 2 atom stereocenters. The van der Waals surface area contributed by atoms with Crippen LogP contribution < -0.4 is 9.47 Å². The van der Waals surface area contributed by atoms with E-state index in [9.17, 15) is 4.79 Å². The number of carbonyl (C=O) groups excluding carboxylic acids is 1. The van der Waals surface area contributed by atoms with Crippen LogP contribution in [0.2, 0.25) is 0 Å². The van der Waals surface area contributed by atoms with Crippen LogP contribution in [-0.4, -0.2) is 19.0 Å². The topological polar surface area (TPSA) is 35.5 Å². The van der Waals surface area contributed by atoms with Crippen LogP contribution in [0.5, 0.6) is 11.5 Å². The molecule has 1 aromatic rings. The van der Waals surface area contributed by atoms with Crippen LogP contribution >= 0.6 is 0 Å². The summed E-state index contributed by atoms with van der Waals surface area (Å²) < 4.78 is 12.3. The van der Waals surface area contributed by atoms with Gasteiger partial charge in [0, 0.05) is 11.8 Å². The number of unbranched alkanes of at least 4 members (excludes halogenated alkanes) is 1. The van der Waals surface area contributed by atoms with Gasteiger partial charge in [0.05, 0.1) is 13.2 Å². The number of Topliss-reactive ketones (excluding diaryl/α,β-unsaturated/α-hetero) is 1. The van der Waals surface area contributed by atoms with Crippen molar-refractivity contribution >= 4 is 5.78 Å². The monoisotopic (exact) mass is 370 g/mol. The van der Waals surface area contributed by atoms with Crippen molar-refractivity contribution in [1.82, 2.24) is 0 Å². The Labute approximate surface area is 164 Å². The van der Waals surface area contributed by atoms with Crippen molar-refractivity contribution in [1.29, 1.82) is 0 Å². The quantitative estimate of drug-likeness (QED) is 0.459. The number of carbonyl (C=O) groups is 1. The zero-order valence-electron chi connectivity index (χ0n) is 17.3. The van der Waals surface area contributed by atoms with Gasteiger partial charge in [0.15, 0.2) is 11.5 Å². The first-order valence-electron chi connectivity index (χ1n) is 10.2. The summed E-state index contributed by atoms with van der Waals surface area (Å²) in [6.45, 7) is 9.29. The van der Waals surface area contributed by atoms with E-state index in [0.717, 1.165) is 49.2 Å². The van der Waals surface area contributed by atoms with Gasteiger partial charge in [-0.1, -0.05) is 50.6 Å². The Morgan fingerprint density at radius 2 is 2.07 bits per heavy atom. The molecule has 0 radical (unpaired) electrons. The first kappa shape index (κ1) is 21.3. The van der Waals surface area contributed by atoms with Crippen LogP contribution in [0.3, 0.4) is 0 Å². The Morgan fingerprint density at radius 1 is 1.26 bits per heavy atom. The standard InChI is InChI=1S/C24H34O3/c1-5-6-16-26-24-19(3)22(13-12-18(2)20(4)25)14-15-23(24)27-17-21-10-8-7-9-11-21/h7-10,14-15,18,21H,5-6,11-13,16-17H2,1-4H3/t18-,21?/m0/s1. The number of rotatable bonds is 11. The molecule has 0 saturated carbocycles. The second-order valence-corrected chi connectivity index (χ2v) is 7.55. The van der Waals surface area contributed by atoms with E-state index in [1.54, 1.807) is 6.92 Å². The third kappa shape index (κ3) is 6.57. The summed E-state index contributed by atoms with van der Waals surface area (Å²) >= 11 is 0. The van der Waals surface area contributed by atoms with Crippen molar-refractivity contribution in [3.63, 3.8) is 0 Å². The van der Waals surface area contributed by atoms with Gasteiger partial charge < -0.3 is 9.47 Å². The Morgan fingerprint density at radius 3 is 2.74 bits per heavy atom. The molecule has 0 bridgehead atoms. The number of aryl methyl sites for hydroxylation is 1. The average Bonchev–Trinajstić information content (AvgIpc) is 2.67. The van der Waals surface area contributed by atoms with E-state index in [-0.39, 0.29) is 11.7 Å². The lowest BCUT2D eigenvalue weighted by Crippen LogP contribution is -2.12. The van der Waals surface area contributed by atoms with Gasteiger partial charge >= 0.3 is 0 Å². The first-order valence-corrected chi connectivity index (χ1v) is 10.2. The van der Waals surface area contributed by atoms with Crippen molar-refractivity contribution in [3.05, 3.63) is 47.6 Å². The smallest absolute Gasteiger partial charge is 0.164 e. The lowest BCUT2D eigenvalue weighted by Gasteiger charge is -2.20. The molecule has 1 aliphatic rings. The Bertz CT molecular complexity index is 672. The predicted molar refractivity (Wildman–Crippen MR) is 112 cm³/mol. The maximum Gasteiger partial charge on any atom is 0.164 e. The van der Waals surface area contributed by atoms with Gasteiger partial charge in [-0.25, -0.2) is 0 Å². The molecule has 1 aliphatic carbocycles. The first-order chi connectivity index (χ1) is 13.0. The van der Waals surface area contributed by atoms with E-state index in [4.69, 9.17) is 9.47 Å². The minimum atomic E-state index is 0.0935. The molecule has 0 spiro atoms. The number of ether oxygens (including phenoxy) is 2. The predicted octanol–water partition coefficient (Wildman–Crippen LogP) is 5.84. The van der Waals surface area contributed by atoms with E-state index in [1.165, 1.54) is 5.56 Å². The molecule has 3 nitrogen and oxygen atoms in total. The van der Waals surface area contributed by atoms with Crippen LogP contribution in [-0.2, 0) is 11.2 Å². The molecule has 0 aromatic heterocycles. The molecule has 1 unspecified atom stereocenters. The molecule has 0 amide bonds. The van der Waals surface area contributed by atoms with E-state index >= 15 is 0 Å². The van der Waals surface area contributed by atoms with E-state index in [0.29, 0.717) is 19.1 Å². The van der Waals surface area contributed by atoms with Crippen molar-refractivity contribution < 1.29 is 14.3 Å². The summed E-state index contributed by atoms with van der Waals surface area (Å²) in [4.78, 5) is 11.5. The lowest BCUT2D eigenvalue weighted by atomic mass is 9.95. The number of ketones is 1. The highest BCUT2D eigenvalue weighted by atomic mass is 16.5. The molecule has 1 aromatic carbocycles. The van der Waals surface area contributed by atoms with Crippen molar-refractivity contribution in [3.8, 4) is 11.5 Å². The highest BCUT2D eigenvalue weighted by Crippen LogP contribution is 2.35. The van der Waals surface area contributed by atoms with Crippen molar-refractivity contribution in [2.24, 2.45) is 11.8 Å². The van der Waals surface area contributed by atoms with Gasteiger partial charge in [-0.3, -0.25) is 4.79 Å². The number of allylic oxidation sites excluding steroid dienone is 3. The largest absolute Gasteiger partial charge is 0.489 e. The van der Waals surface area contributed by atoms with Gasteiger partial charge in [-0.05, 0) is 56.7 Å². The molecular weight excluding hydrogens is 336 g/mol. The second-order valence-electron chi connectivity index (χ2n) is 7.55. The Hall–Kier alpha value is -2.03. The minimum Gasteiger partial charge on any atom is -0.489 e. The highest BCUT2D eigenvalue weighted by molar-refractivity contribution is 5.77. The van der Waals surface area contributed by atoms with Crippen molar-refractivity contribution in [2.45, 2.75) is 59.8 Å². The van der Waals surface area contributed by atoms with Gasteiger partial charge in [-0.15, -0.1) is 0 Å². The summed E-state index contributed by atoms with van der Waals surface area (Å²) in [7, 11) is 0. The minimum absolute atomic E-state index is 0.0935. The fraction of sp³-hybridized carbons (Fsp3) is 0.542. The molecule has 0 fully saturated rings. The van der Waals surface area contributed by atoms with E-state index < -0.39 is 0 Å². The van der Waals surface area contributed by atoms with E-state index in [2.05, 4.69) is 44.2 Å². The van der Waals surface area contributed by atoms with Gasteiger partial charge in [0.25, 0.3) is 0 Å². The van der Waals surface area contributed by atoms with E-state index in [1.807, 2.05) is 13.0 Å². The second kappa shape index (κ2) is 11.0. The zero-order valence-corrected chi connectivity index (χ0v) is 17.3. The van der Waals surface area contributed by atoms with Crippen molar-refractivity contribution in [2.75, 3.05) is 13.2 Å². The maximum absolute atomic E-state index is 11.5. The Balaban J connectivity index is 2.11. The molecular formula is C24H34O3. The summed E-state index contributed by atoms with van der Waals surface area (Å²) in [5.74, 6) is 2.45. The molecule has 0 heterocycles. The number of benzene rings is 1. The summed E-state index contributed by atoms with van der Waals surface area (Å²) in [6, 6.07) is 4.16. The molecule has 3 heteroatoms. The fourth-order valence-electron chi connectivity index (χ4n) is 3.12. The van der Waals surface area contributed by atoms with Crippen LogP contribution in [0.4, 0.5) is 0 Å². The lowest BCUT2D eigenvalue weighted by molar-refractivity contribution is -0.120. The van der Waals surface area contributed by atoms with Crippen LogP contribution in [0.25, 0.3) is 0 Å². The maximum atomic E-state index is 11.5. The SMILES string of the molecule is CCCCOc1c(OCC2C=CC=CC2)ccc(CC[C@H](C)C(C)=O)c1C. The molecule has 148 valence electrons. The van der Waals surface area contributed by atoms with Gasteiger partial charge in [-0.2, -0.15) is 0 Å². The van der Waals surface area contributed by atoms with Crippen LogP contribution in [0.1, 0.15) is 57.6 Å². The van der Waals surface area contributed by atoms with Gasteiger partial charge in [0.2, 0.25) is 0 Å². The summed E-state index contributed by atoms with van der Waals surface area (Å²) in [6.07, 6.45) is 13.4. The summed E-state index contributed by atoms with van der Waals surface area (Å²) in [5, 5.41) is 0. The molecule has 0 saturated heterocycles. The molecule has 0 N–H and O–H groups in total. The number of hydrogen-bond donors (Lipinski definition) is 0. The number of hydrogen-bond acceptors (Lipinski definition) is 3. The Kier molecular flexibility index (Phi) is 8.63. The zero-order chi connectivity index (χ0) is 19.6. The fourth-order valence-corrected chi connectivity index (χ4v) is 3.12. The van der Waals surface area contributed by atoms with Crippen LogP contribution in [0, 0.1) is 18.8 Å². The molecule has 27 heavy (non-hydrogen) atoms. The normalized spacial score (nSPS) is 17.0. The van der Waals surface area contributed by atoms with Crippen LogP contribution in [0.15, 0.2) is 36.4 Å². The third-order valence-electron chi connectivity index (χ3n) is 5.29. The average molecular weight is 371 g/mol. The highest BCUT2D eigenvalue weighted by Gasteiger charge is 2.16. The molecule has 0 aliphatic heterocycles. The third-order valence-corrected chi connectivity index (χ3v) is 5.29. The van der Waals surface area contributed by atoms with Gasteiger partial charge in [0.1, 0.15) is 5.78 Å². The molecule has 2 rings (SSSR count). The summed E-state index contributed by atoms with van der Waals surface area (Å²) in [5.41, 5.74) is 2.38.